The van der Waals surface area contributed by atoms with E-state index in [0.717, 1.165) is 56.1 Å². The molecule has 0 radical (unpaired) electrons. The maximum Gasteiger partial charge on any atom is 0.0160 e. The normalized spacial score (nSPS) is 10.5. The van der Waals surface area contributed by atoms with Crippen molar-refractivity contribution in [3.05, 3.63) is 122 Å². The second-order valence-electron chi connectivity index (χ2n) is 8.82. The molecule has 0 fully saturated rings. The molecule has 0 unspecified atom stereocenters. The maximum atomic E-state index is 4.75. The third kappa shape index (κ3) is 5.73. The Morgan fingerprint density at radius 3 is 1.70 bits per heavy atom. The summed E-state index contributed by atoms with van der Waals surface area (Å²) in [6.07, 6.45) is 5.39. The van der Waals surface area contributed by atoms with E-state index < -0.39 is 0 Å². The average molecular weight is 720 g/mol. The van der Waals surface area contributed by atoms with Gasteiger partial charge in [-0.15, -0.1) is 42.0 Å². The molecule has 0 aliphatic rings. The van der Waals surface area contributed by atoms with Gasteiger partial charge in [0, 0.05) is 20.3 Å². The van der Waals surface area contributed by atoms with Crippen LogP contribution >= 0.6 is 9.58 Å². The van der Waals surface area contributed by atoms with Crippen molar-refractivity contribution in [1.29, 1.82) is 0 Å². The molecule has 8 heteroatoms. The Morgan fingerprint density at radius 1 is 0.650 bits per heavy atom. The fourth-order valence-electron chi connectivity index (χ4n) is 4.47. The van der Waals surface area contributed by atoms with Crippen LogP contribution in [0.25, 0.3) is 56.1 Å². The van der Waals surface area contributed by atoms with Crippen LogP contribution in [0.2, 0.25) is 0 Å². The number of hydrogen-bond acceptors (Lipinski definition) is 4. The first-order chi connectivity index (χ1) is 19.7. The number of imidazole rings is 2. The van der Waals surface area contributed by atoms with Crippen LogP contribution in [-0.4, -0.2) is 29.1 Å². The Hall–Kier alpha value is -4.16. The molecule has 3 aromatic carbocycles. The zero-order valence-electron chi connectivity index (χ0n) is 21.8. The van der Waals surface area contributed by atoms with Crippen molar-refractivity contribution < 1.29 is 17.9 Å². The molecular formula is C32H24ClIrN6. The van der Waals surface area contributed by atoms with E-state index in [0.29, 0.717) is 0 Å². The number of hydrogen-bond donors (Lipinski definition) is 0. The topological polar surface area (TPSA) is 61.4 Å². The first-order valence-corrected chi connectivity index (χ1v) is 15.4. The van der Waals surface area contributed by atoms with Crippen LogP contribution in [-0.2, 0) is 32.0 Å². The summed E-state index contributed by atoms with van der Waals surface area (Å²) in [6, 6.07) is 36.5. The van der Waals surface area contributed by atoms with Crippen molar-refractivity contribution in [2.24, 2.45) is 14.1 Å². The molecule has 4 heterocycles. The summed E-state index contributed by atoms with van der Waals surface area (Å²) in [5, 5.41) is 0. The number of halogens is 1. The van der Waals surface area contributed by atoms with Crippen molar-refractivity contribution in [2.75, 3.05) is 0 Å². The molecule has 0 N–H and O–H groups in total. The first kappa shape index (κ1) is 27.4. The van der Waals surface area contributed by atoms with E-state index >= 15 is 0 Å². The molecule has 6 nitrogen and oxygen atoms in total. The third-order valence-electron chi connectivity index (χ3n) is 6.38. The molecule has 0 aliphatic carbocycles. The summed E-state index contributed by atoms with van der Waals surface area (Å²) in [5.41, 5.74) is 7.82. The second-order valence-corrected chi connectivity index (χ2v) is 8.82. The monoisotopic (exact) mass is 720 g/mol. The van der Waals surface area contributed by atoms with Gasteiger partial charge in [0.1, 0.15) is 0 Å². The number of para-hydroxylation sites is 4. The van der Waals surface area contributed by atoms with Crippen molar-refractivity contribution in [2.45, 2.75) is 0 Å². The minimum Gasteiger partial charge on any atom is -0.305 e. The van der Waals surface area contributed by atoms with Crippen LogP contribution in [0.3, 0.4) is 0 Å². The van der Waals surface area contributed by atoms with Gasteiger partial charge in [-0.2, -0.15) is 0 Å². The third-order valence-corrected chi connectivity index (χ3v) is 6.38. The zero-order valence-corrected chi connectivity index (χ0v) is 24.9. The molecular weight excluding hydrogens is 696 g/mol. The van der Waals surface area contributed by atoms with Crippen LogP contribution in [0.15, 0.2) is 110 Å². The molecule has 0 spiro atoms. The van der Waals surface area contributed by atoms with Crippen LogP contribution in [0, 0.1) is 12.1 Å². The summed E-state index contributed by atoms with van der Waals surface area (Å²) in [7, 11) is 8.67. The Bertz CT molecular complexity index is 1720. The second kappa shape index (κ2) is 12.8. The molecule has 0 saturated carbocycles. The fraction of sp³-hybridized carbons (Fsp3) is 0.0625. The van der Waals surface area contributed by atoms with Gasteiger partial charge < -0.3 is 19.1 Å². The minimum atomic E-state index is 0.847. The summed E-state index contributed by atoms with van der Waals surface area (Å²) in [4.78, 5) is 18.1. The van der Waals surface area contributed by atoms with Crippen molar-refractivity contribution in [3.8, 4) is 34.0 Å². The summed E-state index contributed by atoms with van der Waals surface area (Å²) in [6.45, 7) is 0. The zero-order chi connectivity index (χ0) is 27.9. The summed E-state index contributed by atoms with van der Waals surface area (Å²) < 4.78 is 4.14. The number of nitrogens with zero attached hydrogens (tertiary/aromatic N) is 6. The van der Waals surface area contributed by atoms with Gasteiger partial charge in [0.05, 0.1) is 33.7 Å². The largest absolute Gasteiger partial charge is 0.305 e. The molecule has 198 valence electrons. The number of rotatable bonds is 3. The average Bonchev–Trinajstić information content (AvgIpc) is 3.56. The molecule has 7 rings (SSSR count). The van der Waals surface area contributed by atoms with E-state index in [1.54, 1.807) is 18.6 Å². The van der Waals surface area contributed by atoms with E-state index in [1.165, 1.54) is 17.9 Å². The predicted molar refractivity (Wildman–Crippen MR) is 157 cm³/mol. The maximum absolute atomic E-state index is 4.75. The van der Waals surface area contributed by atoms with Gasteiger partial charge in [-0.05, 0) is 48.4 Å². The molecule has 0 amide bonds. The van der Waals surface area contributed by atoms with Crippen molar-refractivity contribution >= 4 is 31.7 Å². The van der Waals surface area contributed by atoms with Gasteiger partial charge in [-0.1, -0.05) is 47.5 Å². The summed E-state index contributed by atoms with van der Waals surface area (Å²) in [5.74, 6) is 1.69. The Labute approximate surface area is 247 Å². The molecule has 0 aliphatic heterocycles. The Balaban J connectivity index is 0.000000193. The molecule has 0 bridgehead atoms. The van der Waals surface area contributed by atoms with E-state index in [1.807, 2.05) is 93.0 Å². The van der Waals surface area contributed by atoms with Gasteiger partial charge in [0.2, 0.25) is 0 Å². The Kier molecular flexibility index (Phi) is 8.77. The minimum absolute atomic E-state index is 0.847. The first-order valence-electron chi connectivity index (χ1n) is 12.4. The van der Waals surface area contributed by atoms with E-state index in [2.05, 4.69) is 53.0 Å². The fourth-order valence-corrected chi connectivity index (χ4v) is 4.47. The number of fused-ring (bicyclic) bond motifs is 2. The van der Waals surface area contributed by atoms with Gasteiger partial charge in [-0.25, -0.2) is 0 Å². The van der Waals surface area contributed by atoms with E-state index in [-0.39, 0.29) is 0 Å². The van der Waals surface area contributed by atoms with E-state index in [9.17, 15) is 0 Å². The Morgan fingerprint density at radius 2 is 1.20 bits per heavy atom. The number of benzene rings is 3. The van der Waals surface area contributed by atoms with Gasteiger partial charge in [-0.3, -0.25) is 9.97 Å². The quantitative estimate of drug-likeness (QED) is 0.181. The van der Waals surface area contributed by atoms with Gasteiger partial charge >= 0.3 is 27.5 Å². The van der Waals surface area contributed by atoms with Crippen LogP contribution in [0.4, 0.5) is 0 Å². The predicted octanol–water partition coefficient (Wildman–Crippen LogP) is 7.22. The standard InChI is InChI=1S/C21H16N5.C11H8N.ClH.Ir/c1-25-18-9-5-3-7-16(18)23-20(25)14-11-15(13-22-12-14)21-24-17-8-4-6-10-19(17)26(21)2;1-2-6-10(7-3-1)11-8-4-5-9-12-11;;/h3-10,12-13H,1-2H3;1-6,8-9H;1H;/q2*-1;;+3/p-1. The van der Waals surface area contributed by atoms with Crippen LogP contribution in [0.5, 0.6) is 0 Å². The number of aryl methyl sites for hydroxylation is 2. The van der Waals surface area contributed by atoms with E-state index in [4.69, 9.17) is 9.97 Å². The van der Waals surface area contributed by atoms with Crippen molar-refractivity contribution in [1.82, 2.24) is 29.1 Å². The smallest absolute Gasteiger partial charge is 0.0160 e. The van der Waals surface area contributed by atoms with Crippen molar-refractivity contribution in [3.63, 3.8) is 0 Å². The van der Waals surface area contributed by atoms with Crippen LogP contribution < -0.4 is 0 Å². The molecule has 4 aromatic heterocycles. The SMILES string of the molecule is Cn1c(-c2[c-]c(-c3nc4ccccc4n3C)cnc2)nc2ccccc21.[Cl][Ir+2].[c-]1ccccc1-c1ccccn1. The molecule has 0 saturated heterocycles. The molecule has 40 heavy (non-hydrogen) atoms. The van der Waals surface area contributed by atoms with Gasteiger partial charge in [0.25, 0.3) is 0 Å². The molecule has 7 aromatic rings. The summed E-state index contributed by atoms with van der Waals surface area (Å²) >= 11 is 1.47. The van der Waals surface area contributed by atoms with Gasteiger partial charge in [0.15, 0.2) is 0 Å². The number of aromatic nitrogens is 6. The van der Waals surface area contributed by atoms with Crippen LogP contribution in [0.1, 0.15) is 0 Å². The molecule has 0 atom stereocenters. The number of pyridine rings is 2.